The van der Waals surface area contributed by atoms with E-state index in [0.29, 0.717) is 55.4 Å². The first kappa shape index (κ1) is 52.0. The number of para-hydroxylation sites is 2. The van der Waals surface area contributed by atoms with Crippen LogP contribution in [0.5, 0.6) is 0 Å². The van der Waals surface area contributed by atoms with Gasteiger partial charge in [-0.1, -0.05) is 50.2 Å². The standard InChI is InChI=1S/C19H25N5O4S.C19H27N5O2S.CH4O.CH3.Pd.H2/c1-2-12-29(27,28)22-16-7-5-11-23(14-16)19-9-10-20-18(21-19)13-15-6-3-4-8-17(15)24(25)26;1-2-12-27(25,26)23-16-7-5-11-24(14-16)19-9-10-21-18(22-19)13-15-6-3-4-8-17(15)20;1-2;;;/h3-4,6,8-10,16,22H,2,5,7,11-14H2,1H3;3-4,6,8-10,16,23H,2,5,7,11-14,20H2,1H3;2H,1H3;1H3;;1H/q;;;-1;;. The molecule has 0 spiro atoms. The van der Waals surface area contributed by atoms with Crippen LogP contribution in [0.25, 0.3) is 0 Å². The molecule has 17 nitrogen and oxygen atoms in total. The maximum absolute atomic E-state index is 12.1. The molecule has 2 saturated heterocycles. The first-order chi connectivity index (χ1) is 27.8. The number of nitro groups is 1. The Morgan fingerprint density at radius 2 is 1.20 bits per heavy atom. The monoisotopic (exact) mass is 963 g/mol. The van der Waals surface area contributed by atoms with Crippen LogP contribution in [0.4, 0.5) is 23.0 Å². The van der Waals surface area contributed by atoms with Crippen LogP contribution >= 0.6 is 0 Å². The van der Waals surface area contributed by atoms with Gasteiger partial charge in [0.15, 0.2) is 0 Å². The van der Waals surface area contributed by atoms with E-state index in [1.165, 1.54) is 6.07 Å². The first-order valence-electron chi connectivity index (χ1n) is 19.5. The number of aromatic nitrogens is 4. The second kappa shape index (κ2) is 25.6. The molecule has 2 unspecified atom stereocenters. The number of nitrogens with zero attached hydrogens (tertiary/aromatic N) is 7. The number of aliphatic hydroxyl groups excluding tert-OH is 1. The average molecular weight is 965 g/mol. The maximum Gasteiger partial charge on any atom is 0.273 e. The number of sulfonamides is 2. The van der Waals surface area contributed by atoms with E-state index in [4.69, 9.17) is 10.8 Å². The number of hydrogen-bond acceptors (Lipinski definition) is 14. The Balaban J connectivity index is 0.000000561. The number of hydrogen-bond donors (Lipinski definition) is 4. The van der Waals surface area contributed by atoms with Crippen molar-refractivity contribution in [2.75, 3.05) is 60.3 Å². The molecule has 2 aliphatic heterocycles. The molecule has 4 aromatic rings. The minimum Gasteiger partial charge on any atom is -0.400 e. The number of nitrogen functional groups attached to an aromatic ring is 1. The van der Waals surface area contributed by atoms with Crippen molar-refractivity contribution >= 4 is 43.1 Å². The van der Waals surface area contributed by atoms with Crippen LogP contribution in [-0.4, -0.2) is 104 Å². The molecule has 2 aromatic carbocycles. The van der Waals surface area contributed by atoms with Crippen molar-refractivity contribution in [1.82, 2.24) is 29.4 Å². The molecule has 2 atom stereocenters. The third-order valence-corrected chi connectivity index (χ3v) is 12.7. The number of anilines is 3. The van der Waals surface area contributed by atoms with Gasteiger partial charge in [0.1, 0.15) is 23.3 Å². The van der Waals surface area contributed by atoms with E-state index in [-0.39, 0.29) is 65.0 Å². The Morgan fingerprint density at radius 1 is 0.767 bits per heavy atom. The van der Waals surface area contributed by atoms with Crippen molar-refractivity contribution in [3.8, 4) is 0 Å². The number of nitro benzene ring substituents is 1. The van der Waals surface area contributed by atoms with Gasteiger partial charge in [-0.05, 0) is 62.3 Å². The fourth-order valence-corrected chi connectivity index (χ4v) is 9.61. The zero-order valence-corrected chi connectivity index (χ0v) is 37.9. The SMILES string of the molecule is CCCS(=O)(=O)NC1CCCN(c2ccnc(Cc3ccccc3N)n2)C1.CCCS(=O)(=O)NC1CCCN(c2ccnc(Cc3ccccc3[N+](=O)[O-])n2)C1.CO.[CH3-].[HH].[Pd]. The average Bonchev–Trinajstić information content (AvgIpc) is 3.20. The molecule has 0 radical (unpaired) electrons. The summed E-state index contributed by atoms with van der Waals surface area (Å²) in [5.41, 5.74) is 8.35. The predicted octanol–water partition coefficient (Wildman–Crippen LogP) is 4.52. The zero-order valence-electron chi connectivity index (χ0n) is 34.7. The third-order valence-electron chi connectivity index (χ3n) is 9.45. The maximum atomic E-state index is 12.1. The minimum absolute atomic E-state index is 0. The van der Waals surface area contributed by atoms with Crippen LogP contribution in [0, 0.1) is 17.5 Å². The number of aliphatic hydroxyl groups is 1. The normalized spacial score (nSPS) is 16.5. The summed E-state index contributed by atoms with van der Waals surface area (Å²) in [7, 11) is -5.49. The third kappa shape index (κ3) is 16.4. The van der Waals surface area contributed by atoms with Gasteiger partial charge in [0.05, 0.1) is 16.4 Å². The fourth-order valence-electron chi connectivity index (χ4n) is 6.90. The Morgan fingerprint density at radius 3 is 1.65 bits per heavy atom. The van der Waals surface area contributed by atoms with Gasteiger partial charge in [-0.15, -0.1) is 0 Å². The quantitative estimate of drug-likeness (QED) is 0.0421. The molecule has 2 aliphatic rings. The summed E-state index contributed by atoms with van der Waals surface area (Å²) in [6.45, 7) is 6.49. The zero-order chi connectivity index (χ0) is 42.1. The molecule has 2 fully saturated rings. The largest absolute Gasteiger partial charge is 0.400 e. The molecule has 336 valence electrons. The number of rotatable bonds is 15. The Bertz CT molecular complexity index is 2160. The summed E-state index contributed by atoms with van der Waals surface area (Å²) < 4.78 is 53.9. The van der Waals surface area contributed by atoms with Crippen molar-refractivity contribution in [1.29, 1.82) is 0 Å². The van der Waals surface area contributed by atoms with E-state index >= 15 is 0 Å². The number of nitrogens with two attached hydrogens (primary N) is 1. The summed E-state index contributed by atoms with van der Waals surface area (Å²) in [6, 6.07) is 17.7. The molecule has 60 heavy (non-hydrogen) atoms. The molecular weight excluding hydrogens is 903 g/mol. The first-order valence-corrected chi connectivity index (χ1v) is 22.8. The molecule has 20 heteroatoms. The molecule has 0 aliphatic carbocycles. The number of benzene rings is 2. The summed E-state index contributed by atoms with van der Waals surface area (Å²) in [6.07, 6.45) is 8.81. The van der Waals surface area contributed by atoms with Gasteiger partial charge in [-0.3, -0.25) is 10.1 Å². The summed E-state index contributed by atoms with van der Waals surface area (Å²) in [5, 5.41) is 18.2. The molecule has 5 N–H and O–H groups in total. The summed E-state index contributed by atoms with van der Waals surface area (Å²) >= 11 is 0. The van der Waals surface area contributed by atoms with Crippen LogP contribution in [0.15, 0.2) is 73.1 Å². The number of nitrogens with one attached hydrogen (secondary N) is 2. The fraction of sp³-hybridized carbons (Fsp3) is 0.475. The second-order valence-corrected chi connectivity index (χ2v) is 17.8. The molecular formula is C40H61N10O7PdS2-. The Kier molecular flexibility index (Phi) is 22.2. The van der Waals surface area contributed by atoms with Gasteiger partial charge in [0, 0.05) is 110 Å². The van der Waals surface area contributed by atoms with Crippen molar-refractivity contribution in [3.05, 3.63) is 113 Å². The summed E-state index contributed by atoms with van der Waals surface area (Å²) in [4.78, 5) is 32.9. The Hall–Kier alpha value is -4.16. The van der Waals surface area contributed by atoms with Crippen molar-refractivity contribution in [2.24, 2.45) is 0 Å². The van der Waals surface area contributed by atoms with E-state index in [2.05, 4.69) is 34.3 Å². The molecule has 6 rings (SSSR count). The molecule has 0 bridgehead atoms. The van der Waals surface area contributed by atoms with E-state index in [9.17, 15) is 26.9 Å². The van der Waals surface area contributed by atoms with Gasteiger partial charge >= 0.3 is 0 Å². The van der Waals surface area contributed by atoms with E-state index in [1.807, 2.05) is 49.1 Å². The second-order valence-electron chi connectivity index (χ2n) is 14.0. The number of piperidine rings is 2. The topological polar surface area (TPSA) is 240 Å². The van der Waals surface area contributed by atoms with Gasteiger partial charge in [0.25, 0.3) is 5.69 Å². The van der Waals surface area contributed by atoms with Gasteiger partial charge in [-0.2, -0.15) is 0 Å². The van der Waals surface area contributed by atoms with E-state index in [0.717, 1.165) is 63.0 Å². The molecule has 4 heterocycles. The molecule has 0 saturated carbocycles. The molecule has 0 amide bonds. The summed E-state index contributed by atoms with van der Waals surface area (Å²) in [5.74, 6) is 3.02. The Labute approximate surface area is 370 Å². The van der Waals surface area contributed by atoms with Crippen LogP contribution < -0.4 is 25.0 Å². The van der Waals surface area contributed by atoms with Crippen LogP contribution in [0.3, 0.4) is 0 Å². The predicted molar refractivity (Wildman–Crippen MR) is 235 cm³/mol. The smallest absolute Gasteiger partial charge is 0.273 e. The van der Waals surface area contributed by atoms with E-state index < -0.39 is 25.0 Å². The molecule has 2 aromatic heterocycles. The van der Waals surface area contributed by atoms with Crippen LogP contribution in [0.1, 0.15) is 76.6 Å². The van der Waals surface area contributed by atoms with E-state index in [1.54, 1.807) is 36.7 Å². The van der Waals surface area contributed by atoms with Crippen LogP contribution in [-0.2, 0) is 53.3 Å². The van der Waals surface area contributed by atoms with Crippen molar-refractivity contribution in [3.63, 3.8) is 0 Å². The van der Waals surface area contributed by atoms with Crippen LogP contribution in [0.2, 0.25) is 0 Å². The van der Waals surface area contributed by atoms with Gasteiger partial charge in [0.2, 0.25) is 20.0 Å². The van der Waals surface area contributed by atoms with Crippen molar-refractivity contribution in [2.45, 2.75) is 77.3 Å². The van der Waals surface area contributed by atoms with Crippen molar-refractivity contribution < 1.29 is 48.7 Å². The van der Waals surface area contributed by atoms with Gasteiger partial charge in [-0.25, -0.2) is 46.2 Å². The van der Waals surface area contributed by atoms with Gasteiger partial charge < -0.3 is 28.1 Å². The minimum atomic E-state index is -3.27.